The Hall–Kier alpha value is -2.80. The van der Waals surface area contributed by atoms with Crippen LogP contribution in [0.2, 0.25) is 5.02 Å². The third-order valence-electron chi connectivity index (χ3n) is 3.96. The highest BCUT2D eigenvalue weighted by atomic mass is 35.5. The van der Waals surface area contributed by atoms with E-state index in [1.165, 1.54) is 6.07 Å². The second-order valence-electron chi connectivity index (χ2n) is 5.98. The number of hydrogen-bond donors (Lipinski definition) is 1. The molecule has 1 heterocycles. The molecule has 0 fully saturated rings. The fraction of sp³-hybridized carbons (Fsp3) is 0.211. The second-order valence-corrected chi connectivity index (χ2v) is 6.42. The van der Waals surface area contributed by atoms with Crippen LogP contribution < -0.4 is 5.32 Å². The van der Waals surface area contributed by atoms with Gasteiger partial charge in [-0.2, -0.15) is 4.98 Å². The number of nitrogens with zero attached hydrogens (tertiary/aromatic N) is 2. The van der Waals surface area contributed by atoms with Gasteiger partial charge >= 0.3 is 0 Å². The number of nitrogens with one attached hydrogen (secondary N) is 1. The molecule has 3 aromatic rings. The number of aryl methyl sites for hydroxylation is 1. The lowest BCUT2D eigenvalue weighted by Crippen LogP contribution is -2.27. The van der Waals surface area contributed by atoms with E-state index in [9.17, 15) is 13.6 Å². The lowest BCUT2D eigenvalue weighted by atomic mass is 10.1. The summed E-state index contributed by atoms with van der Waals surface area (Å²) in [4.78, 5) is 16.3. The average Bonchev–Trinajstić information content (AvgIpc) is 3.12. The van der Waals surface area contributed by atoms with E-state index >= 15 is 0 Å². The summed E-state index contributed by atoms with van der Waals surface area (Å²) in [5.74, 6) is -1.40. The maximum absolute atomic E-state index is 13.3. The summed E-state index contributed by atoms with van der Waals surface area (Å²) in [5, 5.41) is 7.21. The predicted molar refractivity (Wildman–Crippen MR) is 96.0 cm³/mol. The average molecular weight is 392 g/mol. The molecular formula is C19H16ClF2N3O2. The molecule has 0 saturated carbocycles. The zero-order valence-electron chi connectivity index (χ0n) is 14.4. The highest BCUT2D eigenvalue weighted by Gasteiger charge is 2.14. The first kappa shape index (κ1) is 19.0. The van der Waals surface area contributed by atoms with E-state index in [0.29, 0.717) is 22.3 Å². The van der Waals surface area contributed by atoms with Crippen LogP contribution in [0.4, 0.5) is 8.78 Å². The van der Waals surface area contributed by atoms with Crippen LogP contribution in [0.15, 0.2) is 47.0 Å². The third-order valence-corrected chi connectivity index (χ3v) is 4.21. The number of benzene rings is 2. The number of rotatable bonds is 6. The van der Waals surface area contributed by atoms with Crippen LogP contribution >= 0.6 is 11.6 Å². The van der Waals surface area contributed by atoms with Crippen LogP contribution in [0.3, 0.4) is 0 Å². The van der Waals surface area contributed by atoms with Gasteiger partial charge in [0, 0.05) is 23.4 Å². The standard InChI is InChI=1S/C19H16ClF2N3O2/c1-11(13-4-7-15(21)16(22)10-13)23-17(26)8-9-18-24-19(25-27-18)12-2-5-14(20)6-3-12/h2-7,10-11H,8-9H2,1H3,(H,23,26). The Morgan fingerprint density at radius 3 is 2.63 bits per heavy atom. The van der Waals surface area contributed by atoms with Crippen LogP contribution in [0.25, 0.3) is 11.4 Å². The summed E-state index contributed by atoms with van der Waals surface area (Å²) in [6.45, 7) is 1.69. The first-order valence-corrected chi connectivity index (χ1v) is 8.63. The SMILES string of the molecule is CC(NC(=O)CCc1nc(-c2ccc(Cl)cc2)no1)c1ccc(F)c(F)c1. The van der Waals surface area contributed by atoms with Gasteiger partial charge in [-0.15, -0.1) is 0 Å². The minimum Gasteiger partial charge on any atom is -0.350 e. The first-order chi connectivity index (χ1) is 12.9. The van der Waals surface area contributed by atoms with Crippen molar-refractivity contribution in [3.05, 3.63) is 70.6 Å². The summed E-state index contributed by atoms with van der Waals surface area (Å²) < 4.78 is 31.4. The molecule has 27 heavy (non-hydrogen) atoms. The van der Waals surface area contributed by atoms with E-state index in [4.69, 9.17) is 16.1 Å². The highest BCUT2D eigenvalue weighted by Crippen LogP contribution is 2.19. The Labute approximate surface area is 159 Å². The molecule has 1 aromatic heterocycles. The molecule has 1 atom stereocenters. The molecule has 5 nitrogen and oxygen atoms in total. The molecule has 0 spiro atoms. The maximum Gasteiger partial charge on any atom is 0.227 e. The van der Waals surface area contributed by atoms with Gasteiger partial charge in [0.25, 0.3) is 0 Å². The molecule has 1 N–H and O–H groups in total. The van der Waals surface area contributed by atoms with Crippen molar-refractivity contribution < 1.29 is 18.1 Å². The van der Waals surface area contributed by atoms with Crippen LogP contribution in [-0.2, 0) is 11.2 Å². The molecule has 2 aromatic carbocycles. The van der Waals surface area contributed by atoms with Gasteiger partial charge in [0.15, 0.2) is 11.6 Å². The molecule has 3 rings (SSSR count). The monoisotopic (exact) mass is 391 g/mol. The Morgan fingerprint density at radius 1 is 1.19 bits per heavy atom. The van der Waals surface area contributed by atoms with Gasteiger partial charge in [0.1, 0.15) is 0 Å². The molecular weight excluding hydrogens is 376 g/mol. The Bertz CT molecular complexity index is 944. The molecule has 0 aliphatic heterocycles. The highest BCUT2D eigenvalue weighted by molar-refractivity contribution is 6.30. The normalized spacial score (nSPS) is 12.0. The summed E-state index contributed by atoms with van der Waals surface area (Å²) in [6.07, 6.45) is 0.382. The van der Waals surface area contributed by atoms with Crippen molar-refractivity contribution in [2.45, 2.75) is 25.8 Å². The van der Waals surface area contributed by atoms with Crippen molar-refractivity contribution in [2.24, 2.45) is 0 Å². The number of aromatic nitrogens is 2. The fourth-order valence-corrected chi connectivity index (χ4v) is 2.60. The van der Waals surface area contributed by atoms with E-state index in [-0.39, 0.29) is 18.7 Å². The summed E-state index contributed by atoms with van der Waals surface area (Å²) in [6, 6.07) is 10.1. The van der Waals surface area contributed by atoms with Gasteiger partial charge in [-0.3, -0.25) is 4.79 Å². The summed E-state index contributed by atoms with van der Waals surface area (Å²) in [7, 11) is 0. The van der Waals surface area contributed by atoms with Crippen molar-refractivity contribution >= 4 is 17.5 Å². The van der Waals surface area contributed by atoms with Gasteiger partial charge in [-0.25, -0.2) is 8.78 Å². The van der Waals surface area contributed by atoms with E-state index in [1.54, 1.807) is 31.2 Å². The molecule has 140 valence electrons. The number of amides is 1. The zero-order valence-corrected chi connectivity index (χ0v) is 15.1. The van der Waals surface area contributed by atoms with Gasteiger partial charge in [0.05, 0.1) is 6.04 Å². The molecule has 0 bridgehead atoms. The van der Waals surface area contributed by atoms with Crippen molar-refractivity contribution in [3.63, 3.8) is 0 Å². The minimum absolute atomic E-state index is 0.121. The molecule has 0 aliphatic carbocycles. The third kappa shape index (κ3) is 4.89. The smallest absolute Gasteiger partial charge is 0.227 e. The van der Waals surface area contributed by atoms with Crippen molar-refractivity contribution in [2.75, 3.05) is 0 Å². The van der Waals surface area contributed by atoms with Gasteiger partial charge in [-0.1, -0.05) is 22.8 Å². The van der Waals surface area contributed by atoms with Crippen LogP contribution in [-0.4, -0.2) is 16.0 Å². The second kappa shape index (κ2) is 8.26. The number of halogens is 3. The summed E-state index contributed by atoms with van der Waals surface area (Å²) in [5.41, 5.74) is 1.23. The van der Waals surface area contributed by atoms with E-state index in [0.717, 1.165) is 17.7 Å². The molecule has 1 amide bonds. The largest absolute Gasteiger partial charge is 0.350 e. The molecule has 8 heteroatoms. The van der Waals surface area contributed by atoms with Gasteiger partial charge < -0.3 is 9.84 Å². The number of carbonyl (C=O) groups excluding carboxylic acids is 1. The molecule has 1 unspecified atom stereocenters. The maximum atomic E-state index is 13.3. The quantitative estimate of drug-likeness (QED) is 0.672. The zero-order chi connectivity index (χ0) is 19.4. The lowest BCUT2D eigenvalue weighted by molar-refractivity contribution is -0.121. The summed E-state index contributed by atoms with van der Waals surface area (Å²) >= 11 is 5.84. The van der Waals surface area contributed by atoms with Crippen LogP contribution in [0.1, 0.15) is 30.8 Å². The lowest BCUT2D eigenvalue weighted by Gasteiger charge is -2.14. The number of hydrogen-bond acceptors (Lipinski definition) is 4. The predicted octanol–water partition coefficient (Wildman–Crippen LogP) is 4.48. The van der Waals surface area contributed by atoms with E-state index < -0.39 is 17.7 Å². The minimum atomic E-state index is -0.950. The van der Waals surface area contributed by atoms with E-state index in [1.807, 2.05) is 0 Å². The Morgan fingerprint density at radius 2 is 1.93 bits per heavy atom. The van der Waals surface area contributed by atoms with Crippen molar-refractivity contribution in [1.29, 1.82) is 0 Å². The van der Waals surface area contributed by atoms with Crippen molar-refractivity contribution in [3.8, 4) is 11.4 Å². The van der Waals surface area contributed by atoms with Crippen molar-refractivity contribution in [1.82, 2.24) is 15.5 Å². The molecule has 0 saturated heterocycles. The van der Waals surface area contributed by atoms with Gasteiger partial charge in [-0.05, 0) is 48.9 Å². The topological polar surface area (TPSA) is 68.0 Å². The van der Waals surface area contributed by atoms with E-state index in [2.05, 4.69) is 15.5 Å². The Balaban J connectivity index is 1.54. The fourth-order valence-electron chi connectivity index (χ4n) is 2.47. The van der Waals surface area contributed by atoms with Crippen LogP contribution in [0, 0.1) is 11.6 Å². The van der Waals surface area contributed by atoms with Crippen LogP contribution in [0.5, 0.6) is 0 Å². The molecule has 0 radical (unpaired) electrons. The number of carbonyl (C=O) groups is 1. The first-order valence-electron chi connectivity index (χ1n) is 8.25. The molecule has 0 aliphatic rings. The van der Waals surface area contributed by atoms with Gasteiger partial charge in [0.2, 0.25) is 17.6 Å². The Kier molecular flexibility index (Phi) is 5.81.